The van der Waals surface area contributed by atoms with Gasteiger partial charge in [-0.2, -0.15) is 0 Å². The van der Waals surface area contributed by atoms with Crippen LogP contribution in [0.1, 0.15) is 27.2 Å². The largest absolute Gasteiger partial charge is 0.487 e. The van der Waals surface area contributed by atoms with Crippen molar-refractivity contribution in [1.82, 2.24) is 9.55 Å². The fraction of sp³-hybridized carbons (Fsp3) is 0.190. The molecule has 0 radical (unpaired) electrons. The zero-order valence-electron chi connectivity index (χ0n) is 15.1. The number of halogens is 1. The van der Waals surface area contributed by atoms with Crippen molar-refractivity contribution in [2.75, 3.05) is 0 Å². The number of benzene rings is 1. The Kier molecular flexibility index (Phi) is 5.86. The van der Waals surface area contributed by atoms with E-state index < -0.39 is 0 Å². The van der Waals surface area contributed by atoms with Crippen LogP contribution in [0.15, 0.2) is 64.1 Å². The molecule has 138 valence electrons. The number of pyridine rings is 2. The number of carbonyl (C=O) groups excluding carboxylic acids is 1. The zero-order chi connectivity index (χ0) is 19.4. The molecule has 3 rings (SSSR count). The molecule has 0 amide bonds. The van der Waals surface area contributed by atoms with Gasteiger partial charge in [0.1, 0.15) is 12.4 Å². The van der Waals surface area contributed by atoms with Gasteiger partial charge in [-0.1, -0.05) is 23.8 Å². The molecule has 0 aliphatic rings. The summed E-state index contributed by atoms with van der Waals surface area (Å²) >= 11 is 3.33. The molecule has 0 atom stereocenters. The number of Topliss-reactive ketones (excluding diaryl/α,β-unsaturated/α-hetero) is 1. The van der Waals surface area contributed by atoms with E-state index in [1.54, 1.807) is 24.5 Å². The first-order chi connectivity index (χ1) is 12.9. The summed E-state index contributed by atoms with van der Waals surface area (Å²) in [6.07, 6.45) is 3.27. The third-order valence-corrected chi connectivity index (χ3v) is 4.61. The molecule has 5 nitrogen and oxygen atoms in total. The van der Waals surface area contributed by atoms with E-state index in [1.807, 2.05) is 38.1 Å². The van der Waals surface area contributed by atoms with Gasteiger partial charge in [-0.3, -0.25) is 14.6 Å². The van der Waals surface area contributed by atoms with E-state index >= 15 is 0 Å². The van der Waals surface area contributed by atoms with E-state index in [1.165, 1.54) is 10.6 Å². The van der Waals surface area contributed by atoms with E-state index in [-0.39, 0.29) is 24.5 Å². The number of ketones is 1. The van der Waals surface area contributed by atoms with Crippen LogP contribution in [-0.2, 0) is 13.2 Å². The first-order valence-electron chi connectivity index (χ1n) is 8.46. The first-order valence-corrected chi connectivity index (χ1v) is 9.26. The molecule has 1 aromatic carbocycles. The number of rotatable bonds is 6. The van der Waals surface area contributed by atoms with E-state index in [0.717, 1.165) is 21.3 Å². The van der Waals surface area contributed by atoms with Crippen molar-refractivity contribution in [2.45, 2.75) is 27.0 Å². The summed E-state index contributed by atoms with van der Waals surface area (Å²) in [5.41, 5.74) is 3.12. The first kappa shape index (κ1) is 19.0. The molecular weight excluding hydrogens is 408 g/mol. The molecule has 6 heteroatoms. The normalized spacial score (nSPS) is 10.6. The lowest BCUT2D eigenvalue weighted by molar-refractivity contribution is 0.0970. The Morgan fingerprint density at radius 2 is 1.96 bits per heavy atom. The number of aryl methyl sites for hydroxylation is 2. The van der Waals surface area contributed by atoms with Crippen LogP contribution in [-0.4, -0.2) is 15.3 Å². The number of carbonyl (C=O) groups is 1. The highest BCUT2D eigenvalue weighted by Gasteiger charge is 2.11. The Balaban J connectivity index is 1.68. The van der Waals surface area contributed by atoms with Gasteiger partial charge >= 0.3 is 0 Å². The standard InChI is InChI=1S/C21H19BrN2O3/c1-14-3-6-19(15(2)9-14)20(25)12-24-8-7-18(10-21(24)26)27-13-17-5-4-16(22)11-23-17/h3-11H,12-13H2,1-2H3. The third-order valence-electron chi connectivity index (χ3n) is 4.14. The highest BCUT2D eigenvalue weighted by Crippen LogP contribution is 2.14. The van der Waals surface area contributed by atoms with Crippen LogP contribution in [0.4, 0.5) is 0 Å². The minimum atomic E-state index is -0.283. The molecule has 27 heavy (non-hydrogen) atoms. The summed E-state index contributed by atoms with van der Waals surface area (Å²) in [4.78, 5) is 29.1. The van der Waals surface area contributed by atoms with Crippen molar-refractivity contribution in [3.8, 4) is 5.75 Å². The molecule has 3 aromatic rings. The van der Waals surface area contributed by atoms with Gasteiger partial charge in [0.25, 0.3) is 5.56 Å². The molecule has 0 N–H and O–H groups in total. The van der Waals surface area contributed by atoms with Gasteiger partial charge in [0, 0.05) is 28.5 Å². The minimum Gasteiger partial charge on any atom is -0.487 e. The number of nitrogens with zero attached hydrogens (tertiary/aromatic N) is 2. The lowest BCUT2D eigenvalue weighted by Gasteiger charge is -2.10. The third kappa shape index (κ3) is 4.92. The van der Waals surface area contributed by atoms with Crippen molar-refractivity contribution >= 4 is 21.7 Å². The molecule has 0 fully saturated rings. The highest BCUT2D eigenvalue weighted by atomic mass is 79.9. The van der Waals surface area contributed by atoms with Gasteiger partial charge in [-0.25, -0.2) is 0 Å². The second-order valence-corrected chi connectivity index (χ2v) is 7.24. The van der Waals surface area contributed by atoms with Crippen LogP contribution in [0, 0.1) is 13.8 Å². The summed E-state index contributed by atoms with van der Waals surface area (Å²) in [5, 5.41) is 0. The van der Waals surface area contributed by atoms with Gasteiger partial charge in [0.05, 0.1) is 12.2 Å². The Hall–Kier alpha value is -2.73. The monoisotopic (exact) mass is 426 g/mol. The Labute approximate surface area is 165 Å². The number of aromatic nitrogens is 2. The summed E-state index contributed by atoms with van der Waals surface area (Å²) in [6.45, 7) is 4.14. The average Bonchev–Trinajstić information content (AvgIpc) is 2.63. The summed E-state index contributed by atoms with van der Waals surface area (Å²) in [5.74, 6) is 0.349. The molecule has 0 aliphatic heterocycles. The van der Waals surface area contributed by atoms with Gasteiger partial charge in [-0.15, -0.1) is 0 Å². The van der Waals surface area contributed by atoms with Crippen LogP contribution in [0.2, 0.25) is 0 Å². The minimum absolute atomic E-state index is 0.00270. The topological polar surface area (TPSA) is 61.2 Å². The molecule has 0 aliphatic carbocycles. The fourth-order valence-corrected chi connectivity index (χ4v) is 2.96. The second kappa shape index (κ2) is 8.31. The van der Waals surface area contributed by atoms with E-state index in [0.29, 0.717) is 11.3 Å². The predicted octanol–water partition coefficient (Wildman–Crippen LogP) is 4.08. The van der Waals surface area contributed by atoms with Gasteiger partial charge < -0.3 is 9.30 Å². The van der Waals surface area contributed by atoms with Crippen molar-refractivity contribution in [3.05, 3.63) is 92.1 Å². The number of hydrogen-bond acceptors (Lipinski definition) is 4. The van der Waals surface area contributed by atoms with Crippen LogP contribution < -0.4 is 10.3 Å². The smallest absolute Gasteiger partial charge is 0.254 e. The maximum absolute atomic E-state index is 12.5. The van der Waals surface area contributed by atoms with Gasteiger partial charge in [0.15, 0.2) is 5.78 Å². The van der Waals surface area contributed by atoms with Crippen LogP contribution in [0.5, 0.6) is 5.75 Å². The van der Waals surface area contributed by atoms with Crippen LogP contribution >= 0.6 is 15.9 Å². The van der Waals surface area contributed by atoms with Crippen LogP contribution in [0.25, 0.3) is 0 Å². The lowest BCUT2D eigenvalue weighted by Crippen LogP contribution is -2.23. The van der Waals surface area contributed by atoms with Crippen molar-refractivity contribution < 1.29 is 9.53 Å². The molecule has 0 bridgehead atoms. The van der Waals surface area contributed by atoms with Crippen molar-refractivity contribution in [2.24, 2.45) is 0 Å². The summed E-state index contributed by atoms with van der Waals surface area (Å²) in [6, 6.07) is 12.4. The van der Waals surface area contributed by atoms with E-state index in [9.17, 15) is 9.59 Å². The van der Waals surface area contributed by atoms with Crippen molar-refractivity contribution in [3.63, 3.8) is 0 Å². The molecular formula is C21H19BrN2O3. The molecule has 2 heterocycles. The van der Waals surface area contributed by atoms with Crippen molar-refractivity contribution in [1.29, 1.82) is 0 Å². The maximum atomic E-state index is 12.5. The fourth-order valence-electron chi connectivity index (χ4n) is 2.73. The molecule has 2 aromatic heterocycles. The van der Waals surface area contributed by atoms with Crippen LogP contribution in [0.3, 0.4) is 0 Å². The average molecular weight is 427 g/mol. The Morgan fingerprint density at radius 1 is 1.15 bits per heavy atom. The number of ether oxygens (including phenoxy) is 1. The lowest BCUT2D eigenvalue weighted by atomic mass is 10.0. The van der Waals surface area contributed by atoms with Gasteiger partial charge in [-0.05, 0) is 53.5 Å². The summed E-state index contributed by atoms with van der Waals surface area (Å²) < 4.78 is 7.89. The van der Waals surface area contributed by atoms with Gasteiger partial charge in [0.2, 0.25) is 0 Å². The Morgan fingerprint density at radius 3 is 2.63 bits per heavy atom. The SMILES string of the molecule is Cc1ccc(C(=O)Cn2ccc(OCc3ccc(Br)cn3)cc2=O)c(C)c1. The Bertz CT molecular complexity index is 1030. The predicted molar refractivity (Wildman–Crippen MR) is 107 cm³/mol. The zero-order valence-corrected chi connectivity index (χ0v) is 16.7. The van der Waals surface area contributed by atoms with E-state index in [2.05, 4.69) is 20.9 Å². The molecule has 0 saturated heterocycles. The summed E-state index contributed by atoms with van der Waals surface area (Å²) in [7, 11) is 0. The number of hydrogen-bond donors (Lipinski definition) is 0. The highest BCUT2D eigenvalue weighted by molar-refractivity contribution is 9.10. The molecule has 0 spiro atoms. The quantitative estimate of drug-likeness (QED) is 0.557. The van der Waals surface area contributed by atoms with E-state index in [4.69, 9.17) is 4.74 Å². The maximum Gasteiger partial charge on any atom is 0.254 e. The second-order valence-electron chi connectivity index (χ2n) is 6.33. The molecule has 0 saturated carbocycles. The molecule has 0 unspecified atom stereocenters.